The largest absolute Gasteiger partial charge is 0.394 e. The van der Waals surface area contributed by atoms with Crippen molar-refractivity contribution >= 4 is 44.1 Å². The third-order valence-electron chi connectivity index (χ3n) is 6.58. The molecule has 178 valence electrons. The van der Waals surface area contributed by atoms with Crippen molar-refractivity contribution < 1.29 is 14.7 Å². The molecule has 34 heavy (non-hydrogen) atoms. The van der Waals surface area contributed by atoms with Gasteiger partial charge in [-0.05, 0) is 63.6 Å². The van der Waals surface area contributed by atoms with E-state index >= 15 is 0 Å². The first-order valence-corrected chi connectivity index (χ1v) is 12.4. The van der Waals surface area contributed by atoms with Crippen molar-refractivity contribution in [3.63, 3.8) is 0 Å². The molecule has 0 aliphatic heterocycles. The highest BCUT2D eigenvalue weighted by Gasteiger charge is 2.24. The van der Waals surface area contributed by atoms with E-state index in [1.807, 2.05) is 13.8 Å². The molecule has 1 atom stereocenters. The summed E-state index contributed by atoms with van der Waals surface area (Å²) in [5.41, 5.74) is 1.23. The summed E-state index contributed by atoms with van der Waals surface area (Å²) >= 11 is 0. The maximum absolute atomic E-state index is 12.7. The fourth-order valence-corrected chi connectivity index (χ4v) is 5.00. The van der Waals surface area contributed by atoms with Gasteiger partial charge in [0.15, 0.2) is 0 Å². The minimum Gasteiger partial charge on any atom is -0.394 e. The van der Waals surface area contributed by atoms with Gasteiger partial charge in [0.2, 0.25) is 11.8 Å². The fraction of sp³-hybridized carbons (Fsp3) is 0.379. The van der Waals surface area contributed by atoms with Crippen LogP contribution in [-0.2, 0) is 16.0 Å². The van der Waals surface area contributed by atoms with Crippen LogP contribution in [0, 0.1) is 0 Å². The minimum absolute atomic E-state index is 0.196. The number of carbonyl (C=O) groups is 2. The number of hydrogen-bond acceptors (Lipinski definition) is 3. The van der Waals surface area contributed by atoms with Crippen LogP contribution >= 0.6 is 0 Å². The number of benzene rings is 4. The number of aliphatic hydroxyl groups is 1. The van der Waals surface area contributed by atoms with Crippen LogP contribution in [0.15, 0.2) is 54.6 Å². The van der Waals surface area contributed by atoms with E-state index in [2.05, 4.69) is 59.9 Å². The molecule has 0 unspecified atom stereocenters. The van der Waals surface area contributed by atoms with E-state index in [0.717, 1.165) is 19.3 Å². The van der Waals surface area contributed by atoms with Crippen molar-refractivity contribution in [1.29, 1.82) is 0 Å². The molecule has 0 aliphatic carbocycles. The van der Waals surface area contributed by atoms with E-state index in [1.165, 1.54) is 37.9 Å². The summed E-state index contributed by atoms with van der Waals surface area (Å²) in [6, 6.07) is 18.6. The standard InChI is InChI=1S/C29H34N2O3/c1-3-17-31(18-4-2)29(34)25(19-32)30-26(33)10-6-7-20-11-12-23-14-13-21-8-5-9-22-15-16-24(20)28(23)27(21)22/h5,8-9,11-16,25,32H,3-4,6-7,10,17-19H2,1-2H3,(H,30,33)/t25-/m0/s1. The molecule has 0 spiro atoms. The van der Waals surface area contributed by atoms with E-state index in [-0.39, 0.29) is 18.4 Å². The monoisotopic (exact) mass is 458 g/mol. The molecular weight excluding hydrogens is 424 g/mol. The number of aryl methyl sites for hydroxylation is 1. The van der Waals surface area contributed by atoms with Crippen LogP contribution in [0.5, 0.6) is 0 Å². The minimum atomic E-state index is -0.875. The van der Waals surface area contributed by atoms with Crippen LogP contribution in [0.3, 0.4) is 0 Å². The SMILES string of the molecule is CCCN(CCC)C(=O)[C@H](CO)NC(=O)CCCc1ccc2ccc3cccc4ccc1c2c34. The smallest absolute Gasteiger partial charge is 0.247 e. The lowest BCUT2D eigenvalue weighted by molar-refractivity contribution is -0.137. The zero-order chi connectivity index (χ0) is 24.1. The van der Waals surface area contributed by atoms with Gasteiger partial charge in [0.1, 0.15) is 6.04 Å². The highest BCUT2D eigenvalue weighted by atomic mass is 16.3. The van der Waals surface area contributed by atoms with E-state index in [9.17, 15) is 14.7 Å². The molecule has 0 heterocycles. The first kappa shape index (κ1) is 24.0. The summed E-state index contributed by atoms with van der Waals surface area (Å²) in [5.74, 6) is -0.399. The van der Waals surface area contributed by atoms with Crippen LogP contribution in [0.2, 0.25) is 0 Å². The molecule has 0 saturated carbocycles. The summed E-state index contributed by atoms with van der Waals surface area (Å²) in [6.45, 7) is 4.91. The topological polar surface area (TPSA) is 69.6 Å². The van der Waals surface area contributed by atoms with Gasteiger partial charge in [-0.2, -0.15) is 0 Å². The number of hydrogen-bond donors (Lipinski definition) is 2. The number of nitrogens with zero attached hydrogens (tertiary/aromatic N) is 1. The van der Waals surface area contributed by atoms with Crippen LogP contribution in [-0.4, -0.2) is 47.6 Å². The second-order valence-corrected chi connectivity index (χ2v) is 9.06. The first-order chi connectivity index (χ1) is 16.6. The Balaban J connectivity index is 1.43. The van der Waals surface area contributed by atoms with Crippen molar-refractivity contribution in [2.75, 3.05) is 19.7 Å². The van der Waals surface area contributed by atoms with Crippen LogP contribution in [0.4, 0.5) is 0 Å². The second-order valence-electron chi connectivity index (χ2n) is 9.06. The predicted molar refractivity (Wildman–Crippen MR) is 139 cm³/mol. The van der Waals surface area contributed by atoms with Crippen LogP contribution in [0.1, 0.15) is 45.1 Å². The van der Waals surface area contributed by atoms with E-state index in [0.29, 0.717) is 25.9 Å². The Labute approximate surface area is 201 Å². The molecule has 0 radical (unpaired) electrons. The molecule has 4 aromatic rings. The average molecular weight is 459 g/mol. The predicted octanol–water partition coefficient (Wildman–Crippen LogP) is 5.03. The van der Waals surface area contributed by atoms with Gasteiger partial charge in [-0.25, -0.2) is 0 Å². The Morgan fingerprint density at radius 3 is 2.15 bits per heavy atom. The Morgan fingerprint density at radius 2 is 1.50 bits per heavy atom. The molecule has 4 aromatic carbocycles. The zero-order valence-electron chi connectivity index (χ0n) is 20.1. The molecule has 0 saturated heterocycles. The van der Waals surface area contributed by atoms with Gasteiger partial charge in [-0.15, -0.1) is 0 Å². The van der Waals surface area contributed by atoms with E-state index in [1.54, 1.807) is 4.90 Å². The van der Waals surface area contributed by atoms with Gasteiger partial charge < -0.3 is 15.3 Å². The zero-order valence-corrected chi connectivity index (χ0v) is 20.1. The molecule has 0 bridgehead atoms. The molecule has 5 heteroatoms. The molecule has 4 rings (SSSR count). The number of rotatable bonds is 11. The number of carbonyl (C=O) groups excluding carboxylic acids is 2. The molecule has 2 N–H and O–H groups in total. The Morgan fingerprint density at radius 1 is 0.882 bits per heavy atom. The lowest BCUT2D eigenvalue weighted by Crippen LogP contribution is -2.50. The Kier molecular flexibility index (Phi) is 7.63. The first-order valence-electron chi connectivity index (χ1n) is 12.4. The Hall–Kier alpha value is -3.18. The summed E-state index contributed by atoms with van der Waals surface area (Å²) in [5, 5.41) is 20.0. The van der Waals surface area contributed by atoms with Gasteiger partial charge in [-0.1, -0.05) is 68.4 Å². The number of nitrogens with one attached hydrogen (secondary N) is 1. The molecule has 0 aromatic heterocycles. The van der Waals surface area contributed by atoms with Crippen molar-refractivity contribution in [2.24, 2.45) is 0 Å². The van der Waals surface area contributed by atoms with Gasteiger partial charge in [0, 0.05) is 19.5 Å². The van der Waals surface area contributed by atoms with Crippen molar-refractivity contribution in [1.82, 2.24) is 10.2 Å². The summed E-state index contributed by atoms with van der Waals surface area (Å²) in [7, 11) is 0. The van der Waals surface area contributed by atoms with Crippen molar-refractivity contribution in [2.45, 2.75) is 52.0 Å². The Bertz CT molecular complexity index is 1260. The van der Waals surface area contributed by atoms with Gasteiger partial charge in [0.05, 0.1) is 6.61 Å². The van der Waals surface area contributed by atoms with Crippen molar-refractivity contribution in [3.8, 4) is 0 Å². The van der Waals surface area contributed by atoms with Crippen LogP contribution < -0.4 is 5.32 Å². The van der Waals surface area contributed by atoms with E-state index < -0.39 is 6.04 Å². The molecule has 2 amide bonds. The number of amides is 2. The molecular formula is C29H34N2O3. The maximum atomic E-state index is 12.7. The average Bonchev–Trinajstić information content (AvgIpc) is 2.86. The molecule has 5 nitrogen and oxygen atoms in total. The van der Waals surface area contributed by atoms with Gasteiger partial charge >= 0.3 is 0 Å². The van der Waals surface area contributed by atoms with Crippen LogP contribution in [0.25, 0.3) is 32.3 Å². The molecule has 0 fully saturated rings. The quantitative estimate of drug-likeness (QED) is 0.310. The second kappa shape index (κ2) is 10.8. The fourth-order valence-electron chi connectivity index (χ4n) is 5.00. The normalized spacial score (nSPS) is 12.4. The highest BCUT2D eigenvalue weighted by Crippen LogP contribution is 2.36. The third-order valence-corrected chi connectivity index (χ3v) is 6.58. The van der Waals surface area contributed by atoms with Crippen molar-refractivity contribution in [3.05, 3.63) is 60.2 Å². The van der Waals surface area contributed by atoms with E-state index in [4.69, 9.17) is 0 Å². The molecule has 0 aliphatic rings. The van der Waals surface area contributed by atoms with Gasteiger partial charge in [0.25, 0.3) is 0 Å². The third kappa shape index (κ3) is 4.85. The van der Waals surface area contributed by atoms with Gasteiger partial charge in [-0.3, -0.25) is 9.59 Å². The lowest BCUT2D eigenvalue weighted by Gasteiger charge is -2.26. The summed E-state index contributed by atoms with van der Waals surface area (Å²) in [4.78, 5) is 27.1. The maximum Gasteiger partial charge on any atom is 0.247 e. The number of aliphatic hydroxyl groups excluding tert-OH is 1. The lowest BCUT2D eigenvalue weighted by atomic mass is 9.90. The summed E-state index contributed by atoms with van der Waals surface area (Å²) in [6.07, 6.45) is 3.45. The summed E-state index contributed by atoms with van der Waals surface area (Å²) < 4.78 is 0. The highest BCUT2D eigenvalue weighted by molar-refractivity contribution is 6.23.